The summed E-state index contributed by atoms with van der Waals surface area (Å²) in [6, 6.07) is 20.3. The maximum Gasteiger partial charge on any atom is 0.220 e. The van der Waals surface area contributed by atoms with Crippen molar-refractivity contribution in [2.24, 2.45) is 0 Å². The third-order valence-corrected chi connectivity index (χ3v) is 6.66. The standard InChI is InChI=1S/C30H38N4O3/c1-24(20-32-30(35)14-11-27-7-3-4-8-29(27)36-2)37-28-12-9-25(10-13-28)22-33-16-18-34(19-17-33)23-26-6-5-15-31-21-26/h3-10,12-13,15,21,24H,11,14,16-20,22-23H2,1-2H3,(H,32,35)/t24-/m1/s1. The molecule has 37 heavy (non-hydrogen) atoms. The van der Waals surface area contributed by atoms with Crippen molar-refractivity contribution < 1.29 is 14.3 Å². The van der Waals surface area contributed by atoms with Gasteiger partial charge < -0.3 is 14.8 Å². The maximum absolute atomic E-state index is 12.3. The average molecular weight is 503 g/mol. The van der Waals surface area contributed by atoms with Crippen molar-refractivity contribution >= 4 is 5.91 Å². The van der Waals surface area contributed by atoms with E-state index in [1.807, 2.05) is 61.8 Å². The summed E-state index contributed by atoms with van der Waals surface area (Å²) in [4.78, 5) is 21.5. The molecule has 196 valence electrons. The lowest BCUT2D eigenvalue weighted by molar-refractivity contribution is -0.121. The highest BCUT2D eigenvalue weighted by molar-refractivity contribution is 5.76. The smallest absolute Gasteiger partial charge is 0.220 e. The fraction of sp³-hybridized carbons (Fsp3) is 0.400. The van der Waals surface area contributed by atoms with Crippen molar-refractivity contribution in [3.05, 3.63) is 89.7 Å². The minimum Gasteiger partial charge on any atom is -0.496 e. The van der Waals surface area contributed by atoms with E-state index >= 15 is 0 Å². The molecule has 1 N–H and O–H groups in total. The molecule has 7 heteroatoms. The molecule has 0 bridgehead atoms. The number of hydrogen-bond donors (Lipinski definition) is 1. The number of aromatic nitrogens is 1. The van der Waals surface area contributed by atoms with Crippen LogP contribution in [0.15, 0.2) is 73.1 Å². The van der Waals surface area contributed by atoms with Gasteiger partial charge in [0, 0.05) is 58.1 Å². The van der Waals surface area contributed by atoms with Gasteiger partial charge in [0.05, 0.1) is 13.7 Å². The summed E-state index contributed by atoms with van der Waals surface area (Å²) in [7, 11) is 1.65. The van der Waals surface area contributed by atoms with Gasteiger partial charge in [0.2, 0.25) is 5.91 Å². The number of carbonyl (C=O) groups is 1. The molecular formula is C30H38N4O3. The topological polar surface area (TPSA) is 66.9 Å². The van der Waals surface area contributed by atoms with E-state index in [-0.39, 0.29) is 12.0 Å². The zero-order chi connectivity index (χ0) is 25.9. The molecule has 3 aromatic rings. The Balaban J connectivity index is 1.13. The van der Waals surface area contributed by atoms with Crippen LogP contribution in [-0.2, 0) is 24.3 Å². The van der Waals surface area contributed by atoms with E-state index in [1.54, 1.807) is 7.11 Å². The minimum atomic E-state index is -0.117. The molecule has 1 amide bonds. The third-order valence-electron chi connectivity index (χ3n) is 6.66. The van der Waals surface area contributed by atoms with Crippen molar-refractivity contribution in [2.75, 3.05) is 39.8 Å². The van der Waals surface area contributed by atoms with E-state index < -0.39 is 0 Å². The highest BCUT2D eigenvalue weighted by atomic mass is 16.5. The second-order valence-electron chi connectivity index (χ2n) is 9.60. The molecule has 1 atom stereocenters. The van der Waals surface area contributed by atoms with Crippen molar-refractivity contribution in [3.8, 4) is 11.5 Å². The third kappa shape index (κ3) is 8.58. The Morgan fingerprint density at radius 2 is 1.65 bits per heavy atom. The van der Waals surface area contributed by atoms with Crippen LogP contribution in [0.5, 0.6) is 11.5 Å². The second-order valence-corrected chi connectivity index (χ2v) is 9.60. The van der Waals surface area contributed by atoms with E-state index in [1.165, 1.54) is 11.1 Å². The lowest BCUT2D eigenvalue weighted by Gasteiger charge is -2.34. The summed E-state index contributed by atoms with van der Waals surface area (Å²) in [6.45, 7) is 8.61. The number of methoxy groups -OCH3 is 1. The lowest BCUT2D eigenvalue weighted by atomic mass is 10.1. The van der Waals surface area contributed by atoms with Crippen LogP contribution in [0.25, 0.3) is 0 Å². The average Bonchev–Trinajstić information content (AvgIpc) is 2.93. The molecule has 7 nitrogen and oxygen atoms in total. The SMILES string of the molecule is COc1ccccc1CCC(=O)NC[C@@H](C)Oc1ccc(CN2CCN(Cc3cccnc3)CC2)cc1. The van der Waals surface area contributed by atoms with E-state index in [4.69, 9.17) is 9.47 Å². The lowest BCUT2D eigenvalue weighted by Crippen LogP contribution is -2.45. The zero-order valence-electron chi connectivity index (χ0n) is 21.9. The number of ether oxygens (including phenoxy) is 2. The number of pyridine rings is 1. The number of nitrogens with one attached hydrogen (secondary N) is 1. The maximum atomic E-state index is 12.3. The number of benzene rings is 2. The molecule has 1 saturated heterocycles. The van der Waals surface area contributed by atoms with E-state index in [0.717, 1.165) is 56.3 Å². The van der Waals surface area contributed by atoms with Crippen molar-refractivity contribution in [1.82, 2.24) is 20.1 Å². The van der Waals surface area contributed by atoms with Gasteiger partial charge in [0.15, 0.2) is 0 Å². The van der Waals surface area contributed by atoms with Crippen LogP contribution < -0.4 is 14.8 Å². The van der Waals surface area contributed by atoms with Gasteiger partial charge in [-0.2, -0.15) is 0 Å². The number of piperazine rings is 1. The fourth-order valence-electron chi connectivity index (χ4n) is 4.56. The molecule has 1 aromatic heterocycles. The quantitative estimate of drug-likeness (QED) is 0.405. The van der Waals surface area contributed by atoms with Gasteiger partial charge in [-0.25, -0.2) is 0 Å². The first kappa shape index (κ1) is 26.6. The predicted octanol–water partition coefficient (Wildman–Crippen LogP) is 3.92. The van der Waals surface area contributed by atoms with Crippen LogP contribution in [0.1, 0.15) is 30.0 Å². The number of para-hydroxylation sites is 1. The van der Waals surface area contributed by atoms with Gasteiger partial charge in [-0.1, -0.05) is 36.4 Å². The molecule has 1 fully saturated rings. The molecule has 0 spiro atoms. The Kier molecular flexibility index (Phi) is 9.91. The number of aryl methyl sites for hydroxylation is 1. The number of hydrogen-bond acceptors (Lipinski definition) is 6. The number of amides is 1. The van der Waals surface area contributed by atoms with Gasteiger partial charge >= 0.3 is 0 Å². The largest absolute Gasteiger partial charge is 0.496 e. The minimum absolute atomic E-state index is 0.0113. The molecule has 0 radical (unpaired) electrons. The molecule has 1 aliphatic rings. The number of carbonyl (C=O) groups excluding carboxylic acids is 1. The van der Waals surface area contributed by atoms with Gasteiger partial charge in [-0.05, 0) is 54.3 Å². The Hall–Kier alpha value is -3.42. The molecule has 0 saturated carbocycles. The monoisotopic (exact) mass is 502 g/mol. The normalized spacial score (nSPS) is 15.2. The molecular weight excluding hydrogens is 464 g/mol. The fourth-order valence-corrected chi connectivity index (χ4v) is 4.56. The van der Waals surface area contributed by atoms with E-state index in [9.17, 15) is 4.79 Å². The van der Waals surface area contributed by atoms with E-state index in [2.05, 4.69) is 38.3 Å². The van der Waals surface area contributed by atoms with Crippen LogP contribution in [0, 0.1) is 0 Å². The highest BCUT2D eigenvalue weighted by Crippen LogP contribution is 2.19. The Morgan fingerprint density at radius 3 is 2.32 bits per heavy atom. The highest BCUT2D eigenvalue weighted by Gasteiger charge is 2.17. The molecule has 4 rings (SSSR count). The van der Waals surface area contributed by atoms with Gasteiger partial charge in [-0.3, -0.25) is 19.6 Å². The number of rotatable bonds is 12. The molecule has 0 aliphatic carbocycles. The van der Waals surface area contributed by atoms with Gasteiger partial charge in [-0.15, -0.1) is 0 Å². The molecule has 2 heterocycles. The number of nitrogens with zero attached hydrogens (tertiary/aromatic N) is 3. The van der Waals surface area contributed by atoms with Gasteiger partial charge in [0.25, 0.3) is 0 Å². The van der Waals surface area contributed by atoms with E-state index in [0.29, 0.717) is 19.4 Å². The van der Waals surface area contributed by atoms with Crippen molar-refractivity contribution in [1.29, 1.82) is 0 Å². The Morgan fingerprint density at radius 1 is 0.946 bits per heavy atom. The second kappa shape index (κ2) is 13.8. The zero-order valence-corrected chi connectivity index (χ0v) is 21.9. The predicted molar refractivity (Wildman–Crippen MR) is 146 cm³/mol. The van der Waals surface area contributed by atoms with Gasteiger partial charge in [0.1, 0.15) is 17.6 Å². The van der Waals surface area contributed by atoms with Crippen molar-refractivity contribution in [2.45, 2.75) is 39.0 Å². The summed E-state index contributed by atoms with van der Waals surface area (Å²) < 4.78 is 11.4. The summed E-state index contributed by atoms with van der Waals surface area (Å²) in [6.07, 6.45) is 4.72. The van der Waals surface area contributed by atoms with Crippen LogP contribution in [-0.4, -0.2) is 66.6 Å². The first-order valence-corrected chi connectivity index (χ1v) is 13.1. The molecule has 2 aromatic carbocycles. The first-order chi connectivity index (χ1) is 18.1. The van der Waals surface area contributed by atoms with Crippen LogP contribution in [0.4, 0.5) is 0 Å². The summed E-state index contributed by atoms with van der Waals surface area (Å²) in [5.41, 5.74) is 3.59. The summed E-state index contributed by atoms with van der Waals surface area (Å²) in [5, 5.41) is 2.98. The Bertz CT molecular complexity index is 1100. The van der Waals surface area contributed by atoms with Crippen LogP contribution in [0.3, 0.4) is 0 Å². The first-order valence-electron chi connectivity index (χ1n) is 13.1. The summed E-state index contributed by atoms with van der Waals surface area (Å²) in [5.74, 6) is 1.65. The molecule has 1 aliphatic heterocycles. The summed E-state index contributed by atoms with van der Waals surface area (Å²) >= 11 is 0. The van der Waals surface area contributed by atoms with Crippen LogP contribution in [0.2, 0.25) is 0 Å². The Labute approximate surface area is 220 Å². The molecule has 0 unspecified atom stereocenters. The van der Waals surface area contributed by atoms with Crippen LogP contribution >= 0.6 is 0 Å². The van der Waals surface area contributed by atoms with Crippen molar-refractivity contribution in [3.63, 3.8) is 0 Å².